The SMILES string of the molecule is c1ccc(-c2ccc3cc(-c4cc(-c5ccc6c(c5)oc5cc(-c7ccc8ccccc8c7)ccc56)nc(-c5ccccc5)n4)ccc3c2)cc1. The van der Waals surface area contributed by atoms with Crippen molar-refractivity contribution in [3.63, 3.8) is 0 Å². The van der Waals surface area contributed by atoms with Gasteiger partial charge < -0.3 is 4.42 Å². The molecule has 0 aliphatic heterocycles. The van der Waals surface area contributed by atoms with Gasteiger partial charge in [0.05, 0.1) is 11.4 Å². The lowest BCUT2D eigenvalue weighted by atomic mass is 9.98. The molecular formula is C48H30N2O. The zero-order chi connectivity index (χ0) is 33.7. The lowest BCUT2D eigenvalue weighted by Gasteiger charge is -2.11. The molecule has 0 fully saturated rings. The van der Waals surface area contributed by atoms with Crippen LogP contribution in [0.5, 0.6) is 0 Å². The van der Waals surface area contributed by atoms with E-state index in [2.05, 4.69) is 158 Å². The average Bonchev–Trinajstić information content (AvgIpc) is 3.58. The van der Waals surface area contributed by atoms with Gasteiger partial charge in [0.2, 0.25) is 0 Å². The van der Waals surface area contributed by atoms with Gasteiger partial charge in [-0.05, 0) is 92.3 Å². The zero-order valence-electron chi connectivity index (χ0n) is 27.6. The molecule has 2 aromatic heterocycles. The van der Waals surface area contributed by atoms with Crippen LogP contribution in [0.1, 0.15) is 0 Å². The van der Waals surface area contributed by atoms with Crippen LogP contribution in [0.2, 0.25) is 0 Å². The fraction of sp³-hybridized carbons (Fsp3) is 0. The average molecular weight is 651 g/mol. The Morgan fingerprint density at radius 3 is 1.41 bits per heavy atom. The number of benzene rings is 8. The molecule has 0 N–H and O–H groups in total. The van der Waals surface area contributed by atoms with Gasteiger partial charge in [0.25, 0.3) is 0 Å². The largest absolute Gasteiger partial charge is 0.456 e. The van der Waals surface area contributed by atoms with Gasteiger partial charge in [0.15, 0.2) is 5.82 Å². The topological polar surface area (TPSA) is 38.9 Å². The summed E-state index contributed by atoms with van der Waals surface area (Å²) in [5, 5.41) is 7.00. The fourth-order valence-corrected chi connectivity index (χ4v) is 7.16. The maximum Gasteiger partial charge on any atom is 0.160 e. The van der Waals surface area contributed by atoms with E-state index in [0.29, 0.717) is 5.82 Å². The molecule has 0 aliphatic carbocycles. The highest BCUT2D eigenvalue weighted by molar-refractivity contribution is 6.07. The molecule has 0 radical (unpaired) electrons. The number of hydrogen-bond donors (Lipinski definition) is 0. The van der Waals surface area contributed by atoms with E-state index in [1.807, 2.05) is 24.3 Å². The first-order valence-electron chi connectivity index (χ1n) is 17.2. The monoisotopic (exact) mass is 650 g/mol. The summed E-state index contributed by atoms with van der Waals surface area (Å²) in [4.78, 5) is 10.2. The van der Waals surface area contributed by atoms with Crippen molar-refractivity contribution in [1.82, 2.24) is 9.97 Å². The van der Waals surface area contributed by atoms with Crippen molar-refractivity contribution < 1.29 is 4.42 Å². The lowest BCUT2D eigenvalue weighted by molar-refractivity contribution is 0.669. The Hall–Kier alpha value is -6.84. The van der Waals surface area contributed by atoms with Crippen LogP contribution in [0.4, 0.5) is 0 Å². The highest BCUT2D eigenvalue weighted by atomic mass is 16.3. The van der Waals surface area contributed by atoms with Crippen LogP contribution in [0, 0.1) is 0 Å². The first-order valence-corrected chi connectivity index (χ1v) is 17.2. The molecule has 2 heterocycles. The summed E-state index contributed by atoms with van der Waals surface area (Å²) in [6.45, 7) is 0. The quantitative estimate of drug-likeness (QED) is 0.186. The van der Waals surface area contributed by atoms with Gasteiger partial charge in [-0.25, -0.2) is 9.97 Å². The lowest BCUT2D eigenvalue weighted by Crippen LogP contribution is -1.96. The van der Waals surface area contributed by atoms with Crippen LogP contribution in [0.25, 0.3) is 99.6 Å². The van der Waals surface area contributed by atoms with Crippen LogP contribution in [0.15, 0.2) is 186 Å². The molecule has 0 saturated heterocycles. The first kappa shape index (κ1) is 29.1. The summed E-state index contributed by atoms with van der Waals surface area (Å²) in [5.41, 5.74) is 11.1. The van der Waals surface area contributed by atoms with Crippen molar-refractivity contribution in [3.05, 3.63) is 182 Å². The molecule has 51 heavy (non-hydrogen) atoms. The maximum absolute atomic E-state index is 6.54. The Morgan fingerprint density at radius 1 is 0.294 bits per heavy atom. The molecule has 238 valence electrons. The van der Waals surface area contributed by atoms with E-state index in [-0.39, 0.29) is 0 Å². The molecule has 0 saturated carbocycles. The molecule has 3 nitrogen and oxygen atoms in total. The van der Waals surface area contributed by atoms with Crippen molar-refractivity contribution in [2.45, 2.75) is 0 Å². The van der Waals surface area contributed by atoms with Gasteiger partial charge >= 0.3 is 0 Å². The third-order valence-corrected chi connectivity index (χ3v) is 9.85. The second kappa shape index (κ2) is 11.9. The molecule has 0 amide bonds. The van der Waals surface area contributed by atoms with Gasteiger partial charge in [0, 0.05) is 27.5 Å². The smallest absolute Gasteiger partial charge is 0.160 e. The van der Waals surface area contributed by atoms with Crippen molar-refractivity contribution in [3.8, 4) is 56.2 Å². The third-order valence-electron chi connectivity index (χ3n) is 9.85. The summed E-state index contributed by atoms with van der Waals surface area (Å²) >= 11 is 0. The number of furan rings is 1. The van der Waals surface area contributed by atoms with Gasteiger partial charge in [-0.1, -0.05) is 133 Å². The predicted molar refractivity (Wildman–Crippen MR) is 212 cm³/mol. The van der Waals surface area contributed by atoms with E-state index in [0.717, 1.165) is 55.6 Å². The Kier molecular flexibility index (Phi) is 6.81. The van der Waals surface area contributed by atoms with Gasteiger partial charge in [-0.2, -0.15) is 0 Å². The van der Waals surface area contributed by atoms with E-state index in [9.17, 15) is 0 Å². The summed E-state index contributed by atoms with van der Waals surface area (Å²) in [6.07, 6.45) is 0. The molecule has 10 rings (SSSR count). The molecule has 10 aromatic rings. The Bertz CT molecular complexity index is 2910. The molecular weight excluding hydrogens is 621 g/mol. The fourth-order valence-electron chi connectivity index (χ4n) is 7.16. The van der Waals surface area contributed by atoms with Crippen LogP contribution >= 0.6 is 0 Å². The Morgan fingerprint density at radius 2 is 0.725 bits per heavy atom. The highest BCUT2D eigenvalue weighted by Gasteiger charge is 2.15. The number of hydrogen-bond acceptors (Lipinski definition) is 3. The number of aromatic nitrogens is 2. The van der Waals surface area contributed by atoms with Crippen molar-refractivity contribution in [2.75, 3.05) is 0 Å². The van der Waals surface area contributed by atoms with Crippen LogP contribution in [-0.2, 0) is 0 Å². The predicted octanol–water partition coefficient (Wildman–Crippen LogP) is 13.0. The van der Waals surface area contributed by atoms with E-state index in [4.69, 9.17) is 14.4 Å². The van der Waals surface area contributed by atoms with E-state index in [1.54, 1.807) is 0 Å². The molecule has 8 aromatic carbocycles. The Labute approximate surface area is 295 Å². The molecule has 0 spiro atoms. The molecule has 0 unspecified atom stereocenters. The van der Waals surface area contributed by atoms with Gasteiger partial charge in [-0.3, -0.25) is 0 Å². The van der Waals surface area contributed by atoms with Crippen LogP contribution in [0.3, 0.4) is 0 Å². The minimum Gasteiger partial charge on any atom is -0.456 e. The van der Waals surface area contributed by atoms with Crippen molar-refractivity contribution in [1.29, 1.82) is 0 Å². The van der Waals surface area contributed by atoms with Crippen LogP contribution in [-0.4, -0.2) is 9.97 Å². The van der Waals surface area contributed by atoms with Crippen molar-refractivity contribution in [2.24, 2.45) is 0 Å². The minimum atomic E-state index is 0.687. The maximum atomic E-state index is 6.54. The molecule has 0 aliphatic rings. The molecule has 0 atom stereocenters. The molecule has 0 bridgehead atoms. The second-order valence-corrected chi connectivity index (χ2v) is 13.1. The van der Waals surface area contributed by atoms with Gasteiger partial charge in [0.1, 0.15) is 11.2 Å². The summed E-state index contributed by atoms with van der Waals surface area (Å²) < 4.78 is 6.54. The summed E-state index contributed by atoms with van der Waals surface area (Å²) in [6, 6.07) is 64.0. The minimum absolute atomic E-state index is 0.687. The van der Waals surface area contributed by atoms with Crippen LogP contribution < -0.4 is 0 Å². The normalized spacial score (nSPS) is 11.5. The Balaban J connectivity index is 1.06. The van der Waals surface area contributed by atoms with E-state index < -0.39 is 0 Å². The number of rotatable bonds is 5. The van der Waals surface area contributed by atoms with E-state index >= 15 is 0 Å². The second-order valence-electron chi connectivity index (χ2n) is 13.1. The zero-order valence-corrected chi connectivity index (χ0v) is 27.6. The number of fused-ring (bicyclic) bond motifs is 5. The molecule has 3 heteroatoms. The van der Waals surface area contributed by atoms with E-state index in [1.165, 1.54) is 38.2 Å². The standard InChI is InChI=1S/C48H30N2O/c1-3-9-31(10-4-1)35-17-18-38-27-40(20-19-36(38)26-35)44-30-45(50-48(49-44)33-12-5-2-6-13-33)41-22-24-43-42-23-21-39(28-46(42)51-47(43)29-41)37-16-15-32-11-7-8-14-34(32)25-37/h1-30H. The summed E-state index contributed by atoms with van der Waals surface area (Å²) in [5.74, 6) is 0.687. The van der Waals surface area contributed by atoms with Gasteiger partial charge in [-0.15, -0.1) is 0 Å². The third kappa shape index (κ3) is 5.33. The first-order chi connectivity index (χ1) is 25.2. The van der Waals surface area contributed by atoms with Crippen molar-refractivity contribution >= 4 is 43.5 Å². The number of nitrogens with zero attached hydrogens (tertiary/aromatic N) is 2. The highest BCUT2D eigenvalue weighted by Crippen LogP contribution is 2.37. The summed E-state index contributed by atoms with van der Waals surface area (Å²) in [7, 11) is 0.